The molecule has 0 aromatic rings. The Morgan fingerprint density at radius 1 is 1.50 bits per heavy atom. The molecular weight excluding hydrogens is 156 g/mol. The number of carbonyl (C=O) groups is 1. The van der Waals surface area contributed by atoms with E-state index in [9.17, 15) is 4.79 Å². The lowest BCUT2D eigenvalue weighted by molar-refractivity contribution is -0.152. The van der Waals surface area contributed by atoms with E-state index in [0.29, 0.717) is 0 Å². The van der Waals surface area contributed by atoms with Crippen LogP contribution in [0.15, 0.2) is 11.6 Å². The van der Waals surface area contributed by atoms with Gasteiger partial charge in [-0.2, -0.15) is 0 Å². The Morgan fingerprint density at radius 3 is 2.58 bits per heavy atom. The predicted molar refractivity (Wildman–Crippen MR) is 44.7 cm³/mol. The van der Waals surface area contributed by atoms with Crippen molar-refractivity contribution in [2.75, 3.05) is 14.2 Å². The summed E-state index contributed by atoms with van der Waals surface area (Å²) >= 11 is 0. The van der Waals surface area contributed by atoms with Crippen molar-refractivity contribution < 1.29 is 14.3 Å². The highest BCUT2D eigenvalue weighted by atomic mass is 16.7. The van der Waals surface area contributed by atoms with Crippen LogP contribution in [0.25, 0.3) is 0 Å². The number of Topliss-reactive ketones (excluding diaryl/α,β-unsaturated/α-hetero) is 1. The van der Waals surface area contributed by atoms with Gasteiger partial charge in [-0.25, -0.2) is 0 Å². The van der Waals surface area contributed by atoms with Crippen LogP contribution >= 0.6 is 0 Å². The highest BCUT2D eigenvalue weighted by molar-refractivity contribution is 5.98. The van der Waals surface area contributed by atoms with Gasteiger partial charge in [0, 0.05) is 14.2 Å². The summed E-state index contributed by atoms with van der Waals surface area (Å²) in [5, 5.41) is 0. The van der Waals surface area contributed by atoms with Gasteiger partial charge in [0.2, 0.25) is 12.1 Å². The maximum Gasteiger partial charge on any atom is 0.221 e. The number of hydrogen-bond donors (Lipinski definition) is 0. The Labute approximate surface area is 72.4 Å². The fourth-order valence-corrected chi connectivity index (χ4v) is 1.36. The lowest BCUT2D eigenvalue weighted by Gasteiger charge is -2.11. The van der Waals surface area contributed by atoms with Crippen molar-refractivity contribution >= 4 is 5.78 Å². The van der Waals surface area contributed by atoms with Gasteiger partial charge < -0.3 is 9.47 Å². The first-order valence-electron chi connectivity index (χ1n) is 4.08. The summed E-state index contributed by atoms with van der Waals surface area (Å²) < 4.78 is 9.72. The number of allylic oxidation sites excluding steroid dienone is 1. The van der Waals surface area contributed by atoms with Crippen LogP contribution in [0, 0.1) is 0 Å². The quantitative estimate of drug-likeness (QED) is 0.596. The summed E-state index contributed by atoms with van der Waals surface area (Å²) in [6, 6.07) is 0. The molecule has 0 aromatic heterocycles. The number of methoxy groups -OCH3 is 2. The molecule has 0 aliphatic heterocycles. The summed E-state index contributed by atoms with van der Waals surface area (Å²) in [4.78, 5) is 11.5. The van der Waals surface area contributed by atoms with E-state index in [1.165, 1.54) is 14.2 Å². The number of carbonyl (C=O) groups excluding carboxylic acids is 1. The van der Waals surface area contributed by atoms with Gasteiger partial charge in [0.05, 0.1) is 0 Å². The SMILES string of the molecule is COC(OC)C(=O)C1=CCCC1. The molecule has 0 fully saturated rings. The molecule has 12 heavy (non-hydrogen) atoms. The van der Waals surface area contributed by atoms with Crippen molar-refractivity contribution in [3.8, 4) is 0 Å². The first-order valence-corrected chi connectivity index (χ1v) is 4.08. The van der Waals surface area contributed by atoms with Crippen LogP contribution in [0.3, 0.4) is 0 Å². The van der Waals surface area contributed by atoms with Crippen molar-refractivity contribution in [2.24, 2.45) is 0 Å². The molecule has 68 valence electrons. The zero-order chi connectivity index (χ0) is 8.97. The number of ether oxygens (including phenoxy) is 2. The van der Waals surface area contributed by atoms with Gasteiger partial charge in [0.15, 0.2) is 0 Å². The molecule has 0 bridgehead atoms. The van der Waals surface area contributed by atoms with Crippen molar-refractivity contribution in [2.45, 2.75) is 25.6 Å². The molecule has 0 radical (unpaired) electrons. The lowest BCUT2D eigenvalue weighted by Crippen LogP contribution is -2.25. The highest BCUT2D eigenvalue weighted by Crippen LogP contribution is 2.20. The molecule has 0 saturated heterocycles. The summed E-state index contributed by atoms with van der Waals surface area (Å²) in [5.41, 5.74) is 0.851. The Hall–Kier alpha value is -0.670. The Kier molecular flexibility index (Phi) is 3.44. The molecule has 0 atom stereocenters. The first kappa shape index (κ1) is 9.42. The van der Waals surface area contributed by atoms with E-state index in [-0.39, 0.29) is 5.78 Å². The first-order chi connectivity index (χ1) is 5.79. The topological polar surface area (TPSA) is 35.5 Å². The van der Waals surface area contributed by atoms with Gasteiger partial charge in [-0.3, -0.25) is 4.79 Å². The van der Waals surface area contributed by atoms with E-state index in [1.807, 2.05) is 6.08 Å². The molecule has 3 heteroatoms. The zero-order valence-corrected chi connectivity index (χ0v) is 7.50. The fourth-order valence-electron chi connectivity index (χ4n) is 1.36. The molecule has 1 aliphatic rings. The number of ketones is 1. The standard InChI is InChI=1S/C9H14O3/c1-11-9(12-2)8(10)7-5-3-4-6-7/h5,9H,3-4,6H2,1-2H3. The van der Waals surface area contributed by atoms with Gasteiger partial charge in [0.25, 0.3) is 0 Å². The summed E-state index contributed by atoms with van der Waals surface area (Å²) in [7, 11) is 2.95. The molecule has 0 aromatic carbocycles. The fraction of sp³-hybridized carbons (Fsp3) is 0.667. The molecule has 0 amide bonds. The average Bonchev–Trinajstić information content (AvgIpc) is 2.58. The summed E-state index contributed by atoms with van der Waals surface area (Å²) in [6.45, 7) is 0. The van der Waals surface area contributed by atoms with Crippen molar-refractivity contribution in [3.05, 3.63) is 11.6 Å². The van der Waals surface area contributed by atoms with E-state index < -0.39 is 6.29 Å². The largest absolute Gasteiger partial charge is 0.349 e. The second kappa shape index (κ2) is 4.38. The molecule has 0 saturated carbocycles. The van der Waals surface area contributed by atoms with Gasteiger partial charge >= 0.3 is 0 Å². The molecule has 0 spiro atoms. The molecule has 0 N–H and O–H groups in total. The Bertz CT molecular complexity index is 192. The van der Waals surface area contributed by atoms with Crippen molar-refractivity contribution in [3.63, 3.8) is 0 Å². The van der Waals surface area contributed by atoms with Gasteiger partial charge in [-0.05, 0) is 24.8 Å². The molecule has 1 aliphatic carbocycles. The molecule has 1 rings (SSSR count). The predicted octanol–water partition coefficient (Wildman–Crippen LogP) is 1.28. The molecular formula is C9H14O3. The van der Waals surface area contributed by atoms with Crippen molar-refractivity contribution in [1.29, 1.82) is 0 Å². The van der Waals surface area contributed by atoms with E-state index in [1.54, 1.807) is 0 Å². The average molecular weight is 170 g/mol. The van der Waals surface area contributed by atoms with Crippen LogP contribution < -0.4 is 0 Å². The minimum Gasteiger partial charge on any atom is -0.349 e. The normalized spacial score (nSPS) is 16.8. The Morgan fingerprint density at radius 2 is 2.17 bits per heavy atom. The van der Waals surface area contributed by atoms with Crippen LogP contribution in [-0.2, 0) is 14.3 Å². The second-order valence-electron chi connectivity index (χ2n) is 2.79. The van der Waals surface area contributed by atoms with E-state index in [2.05, 4.69) is 0 Å². The maximum absolute atomic E-state index is 11.5. The third-order valence-electron chi connectivity index (χ3n) is 2.00. The third kappa shape index (κ3) is 1.93. The van der Waals surface area contributed by atoms with E-state index in [0.717, 1.165) is 24.8 Å². The minimum absolute atomic E-state index is 0.0301. The molecule has 0 heterocycles. The van der Waals surface area contributed by atoms with Crippen LogP contribution in [0.2, 0.25) is 0 Å². The smallest absolute Gasteiger partial charge is 0.221 e. The monoisotopic (exact) mass is 170 g/mol. The maximum atomic E-state index is 11.5. The van der Waals surface area contributed by atoms with Crippen LogP contribution in [-0.4, -0.2) is 26.3 Å². The van der Waals surface area contributed by atoms with Gasteiger partial charge in [-0.15, -0.1) is 0 Å². The second-order valence-corrected chi connectivity index (χ2v) is 2.79. The van der Waals surface area contributed by atoms with Crippen LogP contribution in [0.1, 0.15) is 19.3 Å². The Balaban J connectivity index is 2.55. The van der Waals surface area contributed by atoms with E-state index in [4.69, 9.17) is 9.47 Å². The van der Waals surface area contributed by atoms with Gasteiger partial charge in [-0.1, -0.05) is 6.08 Å². The summed E-state index contributed by atoms with van der Waals surface area (Å²) in [5.74, 6) is -0.0301. The highest BCUT2D eigenvalue weighted by Gasteiger charge is 2.22. The van der Waals surface area contributed by atoms with Crippen LogP contribution in [0.5, 0.6) is 0 Å². The van der Waals surface area contributed by atoms with Gasteiger partial charge in [0.1, 0.15) is 0 Å². The lowest BCUT2D eigenvalue weighted by atomic mass is 10.1. The zero-order valence-electron chi connectivity index (χ0n) is 7.50. The number of rotatable bonds is 4. The summed E-state index contributed by atoms with van der Waals surface area (Å²) in [6.07, 6.45) is 4.19. The number of hydrogen-bond acceptors (Lipinski definition) is 3. The third-order valence-corrected chi connectivity index (χ3v) is 2.00. The van der Waals surface area contributed by atoms with E-state index >= 15 is 0 Å². The van der Waals surface area contributed by atoms with Crippen LogP contribution in [0.4, 0.5) is 0 Å². The molecule has 0 unspecified atom stereocenters. The molecule has 3 nitrogen and oxygen atoms in total. The minimum atomic E-state index is -0.714. The van der Waals surface area contributed by atoms with Crippen molar-refractivity contribution in [1.82, 2.24) is 0 Å².